The Labute approximate surface area is 102 Å². The number of nitro groups is 1. The summed E-state index contributed by atoms with van der Waals surface area (Å²) in [5.41, 5.74) is 1.58. The summed E-state index contributed by atoms with van der Waals surface area (Å²) in [5, 5.41) is 22.3. The van der Waals surface area contributed by atoms with Gasteiger partial charge in [-0.3, -0.25) is 10.1 Å². The summed E-state index contributed by atoms with van der Waals surface area (Å²) in [5.74, 6) is -0.975. The van der Waals surface area contributed by atoms with Crippen LogP contribution in [0.25, 0.3) is 5.70 Å². The summed E-state index contributed by atoms with van der Waals surface area (Å²) in [6.07, 6.45) is 3.39. The third-order valence-corrected chi connectivity index (χ3v) is 2.57. The largest absolute Gasteiger partial charge is 0.478 e. The molecule has 2 rings (SSSR count). The van der Waals surface area contributed by atoms with E-state index in [1.807, 2.05) is 0 Å². The first-order valence-corrected chi connectivity index (χ1v) is 5.22. The molecule has 0 bridgehead atoms. The number of carbonyl (C=O) groups is 1. The number of benzene rings is 1. The van der Waals surface area contributed by atoms with E-state index >= 15 is 0 Å². The van der Waals surface area contributed by atoms with Gasteiger partial charge in [-0.15, -0.1) is 0 Å². The highest BCUT2D eigenvalue weighted by molar-refractivity contribution is 5.88. The fourth-order valence-corrected chi connectivity index (χ4v) is 1.63. The molecule has 6 nitrogen and oxygen atoms in total. The van der Waals surface area contributed by atoms with E-state index in [2.05, 4.69) is 5.32 Å². The molecule has 6 heteroatoms. The predicted octanol–water partition coefficient (Wildman–Crippen LogP) is 1.90. The van der Waals surface area contributed by atoms with Crippen LogP contribution in [0.5, 0.6) is 0 Å². The van der Waals surface area contributed by atoms with Gasteiger partial charge in [0.1, 0.15) is 0 Å². The lowest BCUT2D eigenvalue weighted by atomic mass is 10.1. The van der Waals surface area contributed by atoms with Crippen LogP contribution >= 0.6 is 0 Å². The molecule has 1 aromatic carbocycles. The van der Waals surface area contributed by atoms with Gasteiger partial charge in [0, 0.05) is 36.0 Å². The number of allylic oxidation sites excluding steroid dienone is 1. The molecular weight excluding hydrogens is 236 g/mol. The lowest BCUT2D eigenvalue weighted by Crippen LogP contribution is -2.13. The van der Waals surface area contributed by atoms with E-state index in [1.54, 1.807) is 18.2 Å². The van der Waals surface area contributed by atoms with Crippen LogP contribution in [0, 0.1) is 10.1 Å². The zero-order valence-electron chi connectivity index (χ0n) is 9.29. The Morgan fingerprint density at radius 2 is 2.22 bits per heavy atom. The molecule has 0 fully saturated rings. The number of dihydropyridines is 1. The number of non-ortho nitro benzene ring substituents is 1. The van der Waals surface area contributed by atoms with E-state index in [1.165, 1.54) is 18.3 Å². The van der Waals surface area contributed by atoms with Crippen molar-refractivity contribution in [2.75, 3.05) is 0 Å². The molecule has 1 aromatic rings. The van der Waals surface area contributed by atoms with Crippen LogP contribution in [0.1, 0.15) is 12.0 Å². The first kappa shape index (κ1) is 11.8. The highest BCUT2D eigenvalue weighted by Crippen LogP contribution is 2.22. The van der Waals surface area contributed by atoms with Gasteiger partial charge >= 0.3 is 5.97 Å². The standard InChI is InChI=1S/C12H10N2O4/c15-12(16)9-4-5-11(13-7-9)8-2-1-3-10(6-8)14(17)18/h1-3,5-7,13H,4H2,(H,15,16). The monoisotopic (exact) mass is 246 g/mol. The SMILES string of the molecule is O=C(O)C1=CNC(c2cccc([N+](=O)[O-])c2)=CC1. The molecule has 1 aliphatic heterocycles. The minimum atomic E-state index is -0.975. The van der Waals surface area contributed by atoms with Gasteiger partial charge in [0.2, 0.25) is 0 Å². The quantitative estimate of drug-likeness (QED) is 0.627. The van der Waals surface area contributed by atoms with Gasteiger partial charge in [-0.2, -0.15) is 0 Å². The molecule has 0 radical (unpaired) electrons. The Morgan fingerprint density at radius 3 is 2.78 bits per heavy atom. The number of hydrogen-bond acceptors (Lipinski definition) is 4. The van der Waals surface area contributed by atoms with Crippen molar-refractivity contribution >= 4 is 17.4 Å². The van der Waals surface area contributed by atoms with Crippen molar-refractivity contribution < 1.29 is 14.8 Å². The fourth-order valence-electron chi connectivity index (χ4n) is 1.63. The van der Waals surface area contributed by atoms with Crippen molar-refractivity contribution in [1.82, 2.24) is 5.32 Å². The van der Waals surface area contributed by atoms with Gasteiger partial charge in [-0.1, -0.05) is 18.2 Å². The maximum atomic E-state index is 10.7. The van der Waals surface area contributed by atoms with E-state index in [0.29, 0.717) is 17.7 Å². The number of nitrogens with zero attached hydrogens (tertiary/aromatic N) is 1. The molecule has 18 heavy (non-hydrogen) atoms. The number of carboxylic acids is 1. The zero-order valence-corrected chi connectivity index (χ0v) is 9.29. The number of aliphatic carboxylic acids is 1. The molecule has 0 spiro atoms. The van der Waals surface area contributed by atoms with Crippen LogP contribution in [0.4, 0.5) is 5.69 Å². The number of rotatable bonds is 3. The molecule has 0 saturated carbocycles. The molecule has 0 unspecified atom stereocenters. The van der Waals surface area contributed by atoms with E-state index in [-0.39, 0.29) is 11.3 Å². The maximum absolute atomic E-state index is 10.7. The Balaban J connectivity index is 2.22. The molecule has 92 valence electrons. The van der Waals surface area contributed by atoms with E-state index < -0.39 is 10.9 Å². The summed E-state index contributed by atoms with van der Waals surface area (Å²) < 4.78 is 0. The lowest BCUT2D eigenvalue weighted by molar-refractivity contribution is -0.384. The second kappa shape index (κ2) is 4.70. The van der Waals surface area contributed by atoms with Crippen LogP contribution in [-0.2, 0) is 4.79 Å². The highest BCUT2D eigenvalue weighted by atomic mass is 16.6. The predicted molar refractivity (Wildman–Crippen MR) is 64.5 cm³/mol. The fraction of sp³-hybridized carbons (Fsp3) is 0.0833. The first-order valence-electron chi connectivity index (χ1n) is 5.22. The van der Waals surface area contributed by atoms with Crippen molar-refractivity contribution in [2.24, 2.45) is 0 Å². The Hall–Kier alpha value is -2.63. The topological polar surface area (TPSA) is 92.5 Å². The van der Waals surface area contributed by atoms with Crippen molar-refractivity contribution in [3.8, 4) is 0 Å². The van der Waals surface area contributed by atoms with Crippen LogP contribution in [0.2, 0.25) is 0 Å². The maximum Gasteiger partial charge on any atom is 0.333 e. The second-order valence-corrected chi connectivity index (χ2v) is 3.75. The van der Waals surface area contributed by atoms with E-state index in [9.17, 15) is 14.9 Å². The third kappa shape index (κ3) is 2.37. The number of nitrogens with one attached hydrogen (secondary N) is 1. The van der Waals surface area contributed by atoms with E-state index in [4.69, 9.17) is 5.11 Å². The first-order chi connectivity index (χ1) is 8.58. The van der Waals surface area contributed by atoms with Crippen molar-refractivity contribution in [2.45, 2.75) is 6.42 Å². The highest BCUT2D eigenvalue weighted by Gasteiger charge is 2.13. The molecule has 0 amide bonds. The van der Waals surface area contributed by atoms with Crippen LogP contribution in [0.15, 0.2) is 42.1 Å². The smallest absolute Gasteiger partial charge is 0.333 e. The lowest BCUT2D eigenvalue weighted by Gasteiger charge is -2.13. The summed E-state index contributed by atoms with van der Waals surface area (Å²) in [7, 11) is 0. The van der Waals surface area contributed by atoms with Crippen LogP contribution in [0.3, 0.4) is 0 Å². The minimum absolute atomic E-state index is 0.00297. The molecular formula is C12H10N2O4. The summed E-state index contributed by atoms with van der Waals surface area (Å²) >= 11 is 0. The van der Waals surface area contributed by atoms with Crippen molar-refractivity contribution in [3.63, 3.8) is 0 Å². The second-order valence-electron chi connectivity index (χ2n) is 3.75. The molecule has 0 atom stereocenters. The molecule has 2 N–H and O–H groups in total. The molecule has 0 aliphatic carbocycles. The molecule has 1 aliphatic rings. The molecule has 0 aromatic heterocycles. The van der Waals surface area contributed by atoms with Crippen molar-refractivity contribution in [3.05, 3.63) is 57.8 Å². The molecule has 1 heterocycles. The summed E-state index contributed by atoms with van der Waals surface area (Å²) in [6, 6.07) is 6.17. The van der Waals surface area contributed by atoms with Gasteiger partial charge in [0.15, 0.2) is 0 Å². The Morgan fingerprint density at radius 1 is 1.44 bits per heavy atom. The number of carboxylic acid groups (broad SMARTS) is 1. The average molecular weight is 246 g/mol. The zero-order chi connectivity index (χ0) is 13.1. The normalized spacial score (nSPS) is 14.2. The average Bonchev–Trinajstić information content (AvgIpc) is 2.39. The van der Waals surface area contributed by atoms with Crippen LogP contribution in [-0.4, -0.2) is 16.0 Å². The van der Waals surface area contributed by atoms with Gasteiger partial charge < -0.3 is 10.4 Å². The Bertz CT molecular complexity index is 575. The summed E-state index contributed by atoms with van der Waals surface area (Å²) in [6.45, 7) is 0. The van der Waals surface area contributed by atoms with Crippen molar-refractivity contribution in [1.29, 1.82) is 0 Å². The van der Waals surface area contributed by atoms with Crippen LogP contribution < -0.4 is 5.32 Å². The third-order valence-electron chi connectivity index (χ3n) is 2.57. The van der Waals surface area contributed by atoms with Gasteiger partial charge in [-0.25, -0.2) is 4.79 Å². The number of hydrogen-bond donors (Lipinski definition) is 2. The van der Waals surface area contributed by atoms with E-state index in [0.717, 1.165) is 0 Å². The minimum Gasteiger partial charge on any atom is -0.478 e. The summed E-state index contributed by atoms with van der Waals surface area (Å²) in [4.78, 5) is 20.9. The molecule has 0 saturated heterocycles. The van der Waals surface area contributed by atoms with Gasteiger partial charge in [-0.05, 0) is 0 Å². The van der Waals surface area contributed by atoms with Gasteiger partial charge in [0.05, 0.1) is 10.5 Å². The van der Waals surface area contributed by atoms with Gasteiger partial charge in [0.25, 0.3) is 5.69 Å². The Kier molecular flexibility index (Phi) is 3.09. The number of nitro benzene ring substituents is 1.